The standard InChI is InChI=1S/C15H20N2O3/c1-2-20-15(19)11-4-3-5-12(9-11)17-13-7-6-10(8-13)14(16)18/h3-5,9-10,13,17H,2,6-8H2,1H3,(H2,16,18). The molecule has 2 unspecified atom stereocenters. The smallest absolute Gasteiger partial charge is 0.338 e. The van der Waals surface area contributed by atoms with Gasteiger partial charge in [0.05, 0.1) is 12.2 Å². The highest BCUT2D eigenvalue weighted by Crippen LogP contribution is 2.28. The van der Waals surface area contributed by atoms with Crippen LogP contribution in [0.3, 0.4) is 0 Å². The molecule has 5 heteroatoms. The van der Waals surface area contributed by atoms with E-state index < -0.39 is 0 Å². The molecule has 0 radical (unpaired) electrons. The number of amides is 1. The Morgan fingerprint density at radius 2 is 2.20 bits per heavy atom. The highest BCUT2D eigenvalue weighted by molar-refractivity contribution is 5.90. The Balaban J connectivity index is 1.98. The molecule has 0 heterocycles. The van der Waals surface area contributed by atoms with E-state index in [4.69, 9.17) is 10.5 Å². The molecule has 20 heavy (non-hydrogen) atoms. The lowest BCUT2D eigenvalue weighted by Gasteiger charge is -2.14. The van der Waals surface area contributed by atoms with Crippen molar-refractivity contribution < 1.29 is 14.3 Å². The number of hydrogen-bond acceptors (Lipinski definition) is 4. The summed E-state index contributed by atoms with van der Waals surface area (Å²) in [5, 5.41) is 3.35. The van der Waals surface area contributed by atoms with Crippen LogP contribution >= 0.6 is 0 Å². The summed E-state index contributed by atoms with van der Waals surface area (Å²) in [6.07, 6.45) is 2.49. The van der Waals surface area contributed by atoms with Crippen LogP contribution in [0.4, 0.5) is 5.69 Å². The average Bonchev–Trinajstić information content (AvgIpc) is 2.88. The molecule has 3 N–H and O–H groups in total. The van der Waals surface area contributed by atoms with E-state index in [2.05, 4.69) is 5.32 Å². The van der Waals surface area contributed by atoms with Crippen molar-refractivity contribution in [1.29, 1.82) is 0 Å². The second-order valence-corrected chi connectivity index (χ2v) is 5.05. The van der Waals surface area contributed by atoms with Crippen LogP contribution in [-0.4, -0.2) is 24.5 Å². The summed E-state index contributed by atoms with van der Waals surface area (Å²) in [5.74, 6) is -0.590. The fraction of sp³-hybridized carbons (Fsp3) is 0.467. The van der Waals surface area contributed by atoms with E-state index in [1.54, 1.807) is 19.1 Å². The summed E-state index contributed by atoms with van der Waals surface area (Å²) in [4.78, 5) is 22.8. The Kier molecular flexibility index (Phi) is 4.61. The van der Waals surface area contributed by atoms with Crippen molar-refractivity contribution in [3.05, 3.63) is 29.8 Å². The Morgan fingerprint density at radius 3 is 2.85 bits per heavy atom. The van der Waals surface area contributed by atoms with Crippen molar-refractivity contribution >= 4 is 17.6 Å². The molecule has 1 aromatic rings. The number of nitrogens with one attached hydrogen (secondary N) is 1. The first-order chi connectivity index (χ1) is 9.60. The number of carbonyl (C=O) groups is 2. The first-order valence-corrected chi connectivity index (χ1v) is 6.93. The van der Waals surface area contributed by atoms with Gasteiger partial charge in [-0.15, -0.1) is 0 Å². The third kappa shape index (κ3) is 3.50. The molecule has 2 rings (SSSR count). The third-order valence-corrected chi connectivity index (χ3v) is 3.58. The summed E-state index contributed by atoms with van der Waals surface area (Å²) in [6.45, 7) is 2.14. The molecule has 1 aliphatic rings. The molecule has 0 aliphatic heterocycles. The monoisotopic (exact) mass is 276 g/mol. The zero-order valence-electron chi connectivity index (χ0n) is 11.6. The largest absolute Gasteiger partial charge is 0.462 e. The molecule has 0 aromatic heterocycles. The van der Waals surface area contributed by atoms with Crippen LogP contribution in [0, 0.1) is 5.92 Å². The predicted octanol–water partition coefficient (Wildman–Crippen LogP) is 1.93. The van der Waals surface area contributed by atoms with E-state index in [-0.39, 0.29) is 23.8 Å². The quantitative estimate of drug-likeness (QED) is 0.805. The van der Waals surface area contributed by atoms with Gasteiger partial charge in [-0.05, 0) is 44.4 Å². The first-order valence-electron chi connectivity index (χ1n) is 6.93. The number of ether oxygens (including phenoxy) is 1. The zero-order valence-corrected chi connectivity index (χ0v) is 11.6. The third-order valence-electron chi connectivity index (χ3n) is 3.58. The molecule has 1 saturated carbocycles. The van der Waals surface area contributed by atoms with Crippen LogP contribution in [0.5, 0.6) is 0 Å². The molecule has 0 saturated heterocycles. The zero-order chi connectivity index (χ0) is 14.5. The number of primary amides is 1. The summed E-state index contributed by atoms with van der Waals surface area (Å²) in [6, 6.07) is 7.44. The van der Waals surface area contributed by atoms with Gasteiger partial charge in [0.25, 0.3) is 0 Å². The number of benzene rings is 1. The summed E-state index contributed by atoms with van der Waals surface area (Å²) in [5.41, 5.74) is 6.72. The van der Waals surface area contributed by atoms with Gasteiger partial charge < -0.3 is 15.8 Å². The minimum Gasteiger partial charge on any atom is -0.462 e. The molecule has 1 aromatic carbocycles. The van der Waals surface area contributed by atoms with Crippen molar-refractivity contribution in [2.75, 3.05) is 11.9 Å². The van der Waals surface area contributed by atoms with E-state index in [0.717, 1.165) is 24.9 Å². The van der Waals surface area contributed by atoms with Gasteiger partial charge in [0.2, 0.25) is 5.91 Å². The number of hydrogen-bond donors (Lipinski definition) is 2. The van der Waals surface area contributed by atoms with E-state index in [9.17, 15) is 9.59 Å². The van der Waals surface area contributed by atoms with Crippen LogP contribution < -0.4 is 11.1 Å². The van der Waals surface area contributed by atoms with Crippen molar-refractivity contribution in [3.63, 3.8) is 0 Å². The molecule has 1 fully saturated rings. The molecule has 0 bridgehead atoms. The SMILES string of the molecule is CCOC(=O)c1cccc(NC2CCC(C(N)=O)C2)c1. The molecule has 0 spiro atoms. The second-order valence-electron chi connectivity index (χ2n) is 5.05. The predicted molar refractivity (Wildman–Crippen MR) is 76.3 cm³/mol. The molecule has 2 atom stereocenters. The van der Waals surface area contributed by atoms with Crippen LogP contribution in [0.25, 0.3) is 0 Å². The van der Waals surface area contributed by atoms with Crippen molar-refractivity contribution in [3.8, 4) is 0 Å². The van der Waals surface area contributed by atoms with E-state index in [1.165, 1.54) is 0 Å². The van der Waals surface area contributed by atoms with Gasteiger partial charge in [-0.25, -0.2) is 4.79 Å². The fourth-order valence-corrected chi connectivity index (χ4v) is 2.56. The molecule has 108 valence electrons. The van der Waals surface area contributed by atoms with Crippen molar-refractivity contribution in [1.82, 2.24) is 0 Å². The van der Waals surface area contributed by atoms with Crippen LogP contribution in [0.2, 0.25) is 0 Å². The lowest BCUT2D eigenvalue weighted by atomic mass is 10.1. The molecule has 5 nitrogen and oxygen atoms in total. The lowest BCUT2D eigenvalue weighted by Crippen LogP contribution is -2.23. The molecule has 1 amide bonds. The van der Waals surface area contributed by atoms with Gasteiger partial charge in [-0.2, -0.15) is 0 Å². The summed E-state index contributed by atoms with van der Waals surface area (Å²) < 4.78 is 4.97. The van der Waals surface area contributed by atoms with E-state index in [0.29, 0.717) is 12.2 Å². The Labute approximate surface area is 118 Å². The topological polar surface area (TPSA) is 81.4 Å². The van der Waals surface area contributed by atoms with E-state index >= 15 is 0 Å². The second kappa shape index (κ2) is 6.41. The van der Waals surface area contributed by atoms with Crippen molar-refractivity contribution in [2.45, 2.75) is 32.2 Å². The van der Waals surface area contributed by atoms with E-state index in [1.807, 2.05) is 12.1 Å². The van der Waals surface area contributed by atoms with Gasteiger partial charge in [0, 0.05) is 17.6 Å². The maximum Gasteiger partial charge on any atom is 0.338 e. The Morgan fingerprint density at radius 1 is 1.40 bits per heavy atom. The molecular formula is C15H20N2O3. The first kappa shape index (κ1) is 14.4. The minimum atomic E-state index is -0.322. The number of nitrogens with two attached hydrogens (primary N) is 1. The van der Waals surface area contributed by atoms with Gasteiger partial charge in [-0.1, -0.05) is 6.07 Å². The number of esters is 1. The summed E-state index contributed by atoms with van der Waals surface area (Å²) >= 11 is 0. The van der Waals surface area contributed by atoms with Gasteiger partial charge in [0.1, 0.15) is 0 Å². The lowest BCUT2D eigenvalue weighted by molar-refractivity contribution is -0.121. The van der Waals surface area contributed by atoms with Crippen molar-refractivity contribution in [2.24, 2.45) is 11.7 Å². The van der Waals surface area contributed by atoms with Crippen LogP contribution in [0.15, 0.2) is 24.3 Å². The maximum absolute atomic E-state index is 11.7. The Bertz CT molecular complexity index is 502. The number of anilines is 1. The van der Waals surface area contributed by atoms with Gasteiger partial charge in [0.15, 0.2) is 0 Å². The van der Waals surface area contributed by atoms with Crippen LogP contribution in [0.1, 0.15) is 36.5 Å². The fourth-order valence-electron chi connectivity index (χ4n) is 2.56. The normalized spacial score (nSPS) is 21.4. The Hall–Kier alpha value is -2.04. The average molecular weight is 276 g/mol. The number of carbonyl (C=O) groups excluding carboxylic acids is 2. The maximum atomic E-state index is 11.7. The highest BCUT2D eigenvalue weighted by atomic mass is 16.5. The van der Waals surface area contributed by atoms with Crippen LogP contribution in [-0.2, 0) is 9.53 Å². The highest BCUT2D eigenvalue weighted by Gasteiger charge is 2.28. The number of rotatable bonds is 5. The molecule has 1 aliphatic carbocycles. The minimum absolute atomic E-state index is 0.0410. The van der Waals surface area contributed by atoms with Gasteiger partial charge in [-0.3, -0.25) is 4.79 Å². The molecular weight excluding hydrogens is 256 g/mol. The van der Waals surface area contributed by atoms with Gasteiger partial charge >= 0.3 is 5.97 Å². The summed E-state index contributed by atoms with van der Waals surface area (Å²) in [7, 11) is 0.